The van der Waals surface area contributed by atoms with Crippen molar-refractivity contribution in [3.8, 4) is 0 Å². The summed E-state index contributed by atoms with van der Waals surface area (Å²) in [4.78, 5) is 12.3. The van der Waals surface area contributed by atoms with Gasteiger partial charge in [-0.25, -0.2) is 8.78 Å². The summed E-state index contributed by atoms with van der Waals surface area (Å²) < 4.78 is 31.4. The van der Waals surface area contributed by atoms with Gasteiger partial charge in [-0.15, -0.1) is 0 Å². The van der Waals surface area contributed by atoms with Crippen molar-refractivity contribution in [2.45, 2.75) is 18.6 Å². The first-order valence-electron chi connectivity index (χ1n) is 7.56. The third-order valence-corrected chi connectivity index (χ3v) is 3.72. The van der Waals surface area contributed by atoms with E-state index in [2.05, 4.69) is 5.32 Å². The number of hydrogen-bond donors (Lipinski definition) is 2. The molecule has 1 amide bonds. The van der Waals surface area contributed by atoms with Crippen LogP contribution in [0.4, 0.5) is 8.78 Å². The Morgan fingerprint density at radius 2 is 1.50 bits per heavy atom. The van der Waals surface area contributed by atoms with Crippen molar-refractivity contribution in [1.82, 2.24) is 5.32 Å². The Hall–Kier alpha value is -2.31. The molecule has 6 heteroatoms. The standard InChI is InChI=1S/C18H20F2N2O2/c1-24-16(11-21)10-17(23)22-18(12-2-6-14(19)7-3-12)13-4-8-15(20)9-5-13/h2-9,16,18H,10-11,21H2,1H3,(H,22,23). The number of halogens is 2. The van der Waals surface area contributed by atoms with Gasteiger partial charge < -0.3 is 15.8 Å². The summed E-state index contributed by atoms with van der Waals surface area (Å²) in [5, 5.41) is 2.87. The summed E-state index contributed by atoms with van der Waals surface area (Å²) in [5.41, 5.74) is 6.91. The molecule has 0 aliphatic rings. The van der Waals surface area contributed by atoms with Crippen molar-refractivity contribution in [3.63, 3.8) is 0 Å². The van der Waals surface area contributed by atoms with Crippen LogP contribution in [0.5, 0.6) is 0 Å². The number of carbonyl (C=O) groups excluding carboxylic acids is 1. The van der Waals surface area contributed by atoms with Gasteiger partial charge in [0.2, 0.25) is 5.91 Å². The maximum atomic E-state index is 13.2. The minimum atomic E-state index is -0.519. The molecule has 0 bridgehead atoms. The molecule has 0 radical (unpaired) electrons. The molecule has 0 fully saturated rings. The smallest absolute Gasteiger partial charge is 0.223 e. The third-order valence-electron chi connectivity index (χ3n) is 3.72. The molecule has 2 aromatic rings. The lowest BCUT2D eigenvalue weighted by molar-refractivity contribution is -0.123. The van der Waals surface area contributed by atoms with Crippen molar-refractivity contribution in [1.29, 1.82) is 0 Å². The van der Waals surface area contributed by atoms with E-state index in [4.69, 9.17) is 10.5 Å². The van der Waals surface area contributed by atoms with Crippen LogP contribution >= 0.6 is 0 Å². The molecular formula is C18H20F2N2O2. The molecule has 1 unspecified atom stereocenters. The number of benzene rings is 2. The second-order valence-corrected chi connectivity index (χ2v) is 5.40. The van der Waals surface area contributed by atoms with Gasteiger partial charge in [-0.2, -0.15) is 0 Å². The Balaban J connectivity index is 2.24. The number of methoxy groups -OCH3 is 1. The van der Waals surface area contributed by atoms with Gasteiger partial charge in [0.25, 0.3) is 0 Å². The molecule has 1 atom stereocenters. The van der Waals surface area contributed by atoms with Crippen LogP contribution in [0.25, 0.3) is 0 Å². The van der Waals surface area contributed by atoms with Crippen LogP contribution < -0.4 is 11.1 Å². The molecule has 3 N–H and O–H groups in total. The Bertz CT molecular complexity index is 610. The average molecular weight is 334 g/mol. The molecule has 0 heterocycles. The molecule has 4 nitrogen and oxygen atoms in total. The first-order chi connectivity index (χ1) is 11.5. The van der Waals surface area contributed by atoms with E-state index in [0.717, 1.165) is 0 Å². The number of nitrogens with one attached hydrogen (secondary N) is 1. The van der Waals surface area contributed by atoms with Crippen LogP contribution in [0.3, 0.4) is 0 Å². The van der Waals surface area contributed by atoms with Gasteiger partial charge in [-0.05, 0) is 35.4 Å². The maximum Gasteiger partial charge on any atom is 0.223 e. The summed E-state index contributed by atoms with van der Waals surface area (Å²) in [5.74, 6) is -0.998. The lowest BCUT2D eigenvalue weighted by Crippen LogP contribution is -2.34. The summed E-state index contributed by atoms with van der Waals surface area (Å²) >= 11 is 0. The Labute approximate surface area is 139 Å². The lowest BCUT2D eigenvalue weighted by atomic mass is 9.98. The van der Waals surface area contributed by atoms with Crippen LogP contribution in [-0.2, 0) is 9.53 Å². The minimum Gasteiger partial charge on any atom is -0.380 e. The largest absolute Gasteiger partial charge is 0.380 e. The molecule has 0 saturated heterocycles. The first kappa shape index (κ1) is 18.0. The van der Waals surface area contributed by atoms with E-state index in [1.54, 1.807) is 24.3 Å². The van der Waals surface area contributed by atoms with Crippen LogP contribution in [0, 0.1) is 11.6 Å². The average Bonchev–Trinajstić information content (AvgIpc) is 2.59. The van der Waals surface area contributed by atoms with Crippen molar-refractivity contribution in [3.05, 3.63) is 71.3 Å². The molecule has 0 saturated carbocycles. The molecule has 0 aromatic heterocycles. The second-order valence-electron chi connectivity index (χ2n) is 5.40. The van der Waals surface area contributed by atoms with E-state index in [1.165, 1.54) is 31.4 Å². The highest BCUT2D eigenvalue weighted by molar-refractivity contribution is 5.77. The minimum absolute atomic E-state index is 0.103. The predicted molar refractivity (Wildman–Crippen MR) is 87.3 cm³/mol. The molecule has 0 spiro atoms. The molecule has 24 heavy (non-hydrogen) atoms. The quantitative estimate of drug-likeness (QED) is 0.818. The van der Waals surface area contributed by atoms with Gasteiger partial charge in [-0.1, -0.05) is 24.3 Å². The second kappa shape index (κ2) is 8.52. The monoisotopic (exact) mass is 334 g/mol. The number of nitrogens with two attached hydrogens (primary N) is 1. The zero-order chi connectivity index (χ0) is 17.5. The summed E-state index contributed by atoms with van der Waals surface area (Å²) in [6, 6.07) is 11.1. The maximum absolute atomic E-state index is 13.2. The predicted octanol–water partition coefficient (Wildman–Crippen LogP) is 2.53. The Morgan fingerprint density at radius 3 is 1.88 bits per heavy atom. The van der Waals surface area contributed by atoms with Gasteiger partial charge in [0.1, 0.15) is 11.6 Å². The zero-order valence-corrected chi connectivity index (χ0v) is 13.3. The molecule has 2 aromatic carbocycles. The van der Waals surface area contributed by atoms with E-state index < -0.39 is 6.04 Å². The van der Waals surface area contributed by atoms with Crippen molar-refractivity contribution < 1.29 is 18.3 Å². The van der Waals surface area contributed by atoms with E-state index in [-0.39, 0.29) is 36.6 Å². The van der Waals surface area contributed by atoms with Gasteiger partial charge in [-0.3, -0.25) is 4.79 Å². The highest BCUT2D eigenvalue weighted by Crippen LogP contribution is 2.23. The molecule has 128 valence electrons. The summed E-state index contributed by atoms with van der Waals surface area (Å²) in [6.45, 7) is 0.224. The van der Waals surface area contributed by atoms with Crippen molar-refractivity contribution in [2.24, 2.45) is 5.73 Å². The lowest BCUT2D eigenvalue weighted by Gasteiger charge is -2.21. The third kappa shape index (κ3) is 4.84. The van der Waals surface area contributed by atoms with Gasteiger partial charge in [0.15, 0.2) is 0 Å². The topological polar surface area (TPSA) is 64.3 Å². The normalized spacial score (nSPS) is 12.2. The van der Waals surface area contributed by atoms with Gasteiger partial charge in [0.05, 0.1) is 18.6 Å². The Morgan fingerprint density at radius 1 is 1.04 bits per heavy atom. The fourth-order valence-corrected chi connectivity index (χ4v) is 2.36. The molecule has 0 aliphatic heterocycles. The van der Waals surface area contributed by atoms with E-state index in [9.17, 15) is 13.6 Å². The first-order valence-corrected chi connectivity index (χ1v) is 7.56. The van der Waals surface area contributed by atoms with E-state index in [1.807, 2.05) is 0 Å². The number of carbonyl (C=O) groups is 1. The van der Waals surface area contributed by atoms with Gasteiger partial charge in [0, 0.05) is 13.7 Å². The zero-order valence-electron chi connectivity index (χ0n) is 13.3. The molecule has 2 rings (SSSR count). The van der Waals surface area contributed by atoms with Crippen LogP contribution in [0.1, 0.15) is 23.6 Å². The van der Waals surface area contributed by atoms with Gasteiger partial charge >= 0.3 is 0 Å². The summed E-state index contributed by atoms with van der Waals surface area (Å²) in [6.07, 6.45) is -0.279. The molecular weight excluding hydrogens is 314 g/mol. The van der Waals surface area contributed by atoms with Crippen LogP contribution in [0.15, 0.2) is 48.5 Å². The fourth-order valence-electron chi connectivity index (χ4n) is 2.36. The number of hydrogen-bond acceptors (Lipinski definition) is 3. The SMILES string of the molecule is COC(CN)CC(=O)NC(c1ccc(F)cc1)c1ccc(F)cc1. The van der Waals surface area contributed by atoms with Crippen LogP contribution in [0.2, 0.25) is 0 Å². The fraction of sp³-hybridized carbons (Fsp3) is 0.278. The number of ether oxygens (including phenoxy) is 1. The Kier molecular flexibility index (Phi) is 6.40. The number of rotatable bonds is 7. The van der Waals surface area contributed by atoms with Crippen LogP contribution in [-0.4, -0.2) is 25.7 Å². The van der Waals surface area contributed by atoms with Crippen molar-refractivity contribution in [2.75, 3.05) is 13.7 Å². The highest BCUT2D eigenvalue weighted by Gasteiger charge is 2.19. The highest BCUT2D eigenvalue weighted by atomic mass is 19.1. The van der Waals surface area contributed by atoms with E-state index >= 15 is 0 Å². The van der Waals surface area contributed by atoms with Crippen molar-refractivity contribution >= 4 is 5.91 Å². The molecule has 0 aliphatic carbocycles. The summed E-state index contributed by atoms with van der Waals surface area (Å²) in [7, 11) is 1.49. The number of amides is 1. The van der Waals surface area contributed by atoms with E-state index in [0.29, 0.717) is 11.1 Å².